The first-order valence-corrected chi connectivity index (χ1v) is 28.0. The standard InChI is InChI=1S/C74H64N2/c1-7-63-45(3)35-61(36-46(63)4)75(59-29-27-51-19-13-21-55(51)41-59)71-43-69(57-25-23-49-15-9-11-17-53(49)39-57)65-32-34-68-72(76(60-30-28-52-20-14-22-56(52)42-60)62-37-47(5)64(8-2)48(6)38-62)44-70(66-31-33-67(71)73(65)74(66)68)58-26-24-50-16-10-12-18-54(50)40-58/h9-12,15-18,23-44H,7-8,13-14,19-22H2,1-6H3. The Bertz CT molecular complexity index is 4000. The van der Waals surface area contributed by atoms with Crippen molar-refractivity contribution in [3.8, 4) is 22.3 Å². The molecule has 14 rings (SSSR count). The molecule has 76 heavy (non-hydrogen) atoms. The van der Waals surface area contributed by atoms with Crippen molar-refractivity contribution in [2.45, 2.75) is 92.9 Å². The molecule has 0 saturated heterocycles. The molecule has 370 valence electrons. The molecular formula is C74H64N2. The van der Waals surface area contributed by atoms with E-state index in [2.05, 4.69) is 233 Å². The van der Waals surface area contributed by atoms with Crippen molar-refractivity contribution in [1.29, 1.82) is 0 Å². The molecule has 0 spiro atoms. The summed E-state index contributed by atoms with van der Waals surface area (Å²) in [4.78, 5) is 5.22. The predicted octanol–water partition coefficient (Wildman–Crippen LogP) is 20.5. The quantitative estimate of drug-likeness (QED) is 0.126. The van der Waals surface area contributed by atoms with Crippen LogP contribution in [0.4, 0.5) is 34.1 Å². The van der Waals surface area contributed by atoms with E-state index >= 15 is 0 Å². The van der Waals surface area contributed by atoms with E-state index in [1.165, 1.54) is 179 Å². The highest BCUT2D eigenvalue weighted by molar-refractivity contribution is 6.32. The molecular weight excluding hydrogens is 917 g/mol. The summed E-state index contributed by atoms with van der Waals surface area (Å²) in [5.74, 6) is 0. The topological polar surface area (TPSA) is 6.48 Å². The summed E-state index contributed by atoms with van der Waals surface area (Å²) in [7, 11) is 0. The van der Waals surface area contributed by atoms with E-state index in [9.17, 15) is 0 Å². The first kappa shape index (κ1) is 46.3. The average molecular weight is 981 g/mol. The molecule has 2 aliphatic rings. The zero-order chi connectivity index (χ0) is 51.3. The highest BCUT2D eigenvalue weighted by Crippen LogP contribution is 2.53. The molecule has 0 bridgehead atoms. The minimum Gasteiger partial charge on any atom is -0.310 e. The van der Waals surface area contributed by atoms with Crippen molar-refractivity contribution in [2.24, 2.45) is 0 Å². The van der Waals surface area contributed by atoms with E-state index in [0.29, 0.717) is 0 Å². The van der Waals surface area contributed by atoms with Crippen LogP contribution < -0.4 is 9.80 Å². The fraction of sp³-hybridized carbons (Fsp3) is 0.189. The van der Waals surface area contributed by atoms with Gasteiger partial charge in [0.2, 0.25) is 0 Å². The molecule has 0 atom stereocenters. The SMILES string of the molecule is CCc1c(C)cc(N(c2ccc3c(c2)CCC3)c2cc(-c3ccc4ccccc4c3)c3ccc4c(N(c5cc(C)c(CC)c(C)c5)c5ccc6c(c5)CCC6)cc(-c5ccc6ccccc6c5)c5ccc2c3c54)cc1C. The van der Waals surface area contributed by atoms with Gasteiger partial charge in [0.1, 0.15) is 0 Å². The molecule has 0 amide bonds. The molecule has 0 heterocycles. The first-order chi connectivity index (χ1) is 37.2. The maximum atomic E-state index is 2.61. The van der Waals surface area contributed by atoms with Crippen molar-refractivity contribution >= 4 is 88.0 Å². The van der Waals surface area contributed by atoms with Gasteiger partial charge in [-0.1, -0.05) is 123 Å². The van der Waals surface area contributed by atoms with E-state index in [4.69, 9.17) is 0 Å². The number of fused-ring (bicyclic) bond motifs is 4. The van der Waals surface area contributed by atoms with Gasteiger partial charge in [0.15, 0.2) is 0 Å². The van der Waals surface area contributed by atoms with Gasteiger partial charge in [0, 0.05) is 44.3 Å². The van der Waals surface area contributed by atoms with Gasteiger partial charge in [0.25, 0.3) is 0 Å². The molecule has 12 aromatic carbocycles. The third-order valence-electron chi connectivity index (χ3n) is 17.7. The lowest BCUT2D eigenvalue weighted by molar-refractivity contribution is 0.911. The number of hydrogen-bond donors (Lipinski definition) is 0. The summed E-state index contributed by atoms with van der Waals surface area (Å²) < 4.78 is 0. The Morgan fingerprint density at radius 1 is 0.329 bits per heavy atom. The highest BCUT2D eigenvalue weighted by Gasteiger charge is 2.28. The smallest absolute Gasteiger partial charge is 0.0546 e. The first-order valence-electron chi connectivity index (χ1n) is 28.0. The number of rotatable bonds is 10. The summed E-state index contributed by atoms with van der Waals surface area (Å²) in [6.07, 6.45) is 8.96. The van der Waals surface area contributed by atoms with Crippen molar-refractivity contribution < 1.29 is 0 Å². The summed E-state index contributed by atoms with van der Waals surface area (Å²) in [5, 5.41) is 12.6. The van der Waals surface area contributed by atoms with Gasteiger partial charge >= 0.3 is 0 Å². The Morgan fingerprint density at radius 3 is 1.12 bits per heavy atom. The van der Waals surface area contributed by atoms with Gasteiger partial charge in [0.05, 0.1) is 11.4 Å². The van der Waals surface area contributed by atoms with Crippen LogP contribution in [-0.2, 0) is 38.5 Å². The van der Waals surface area contributed by atoms with E-state index in [-0.39, 0.29) is 0 Å². The Hall–Kier alpha value is -8.20. The summed E-state index contributed by atoms with van der Waals surface area (Å²) in [5.41, 5.74) is 26.3. The number of anilines is 6. The molecule has 2 nitrogen and oxygen atoms in total. The minimum absolute atomic E-state index is 1.01. The van der Waals surface area contributed by atoms with Crippen LogP contribution >= 0.6 is 0 Å². The van der Waals surface area contributed by atoms with Crippen LogP contribution in [0.1, 0.15) is 82.3 Å². The third-order valence-corrected chi connectivity index (χ3v) is 17.7. The van der Waals surface area contributed by atoms with Gasteiger partial charge < -0.3 is 9.80 Å². The van der Waals surface area contributed by atoms with Crippen molar-refractivity contribution in [2.75, 3.05) is 9.80 Å². The van der Waals surface area contributed by atoms with Gasteiger partial charge in [-0.15, -0.1) is 0 Å². The second kappa shape index (κ2) is 18.3. The molecule has 2 aliphatic carbocycles. The van der Waals surface area contributed by atoms with Gasteiger partial charge in [-0.25, -0.2) is 0 Å². The molecule has 12 aromatic rings. The maximum Gasteiger partial charge on any atom is 0.0546 e. The molecule has 2 heteroatoms. The maximum absolute atomic E-state index is 2.61. The summed E-state index contributed by atoms with van der Waals surface area (Å²) >= 11 is 0. The van der Waals surface area contributed by atoms with E-state index in [1.807, 2.05) is 0 Å². The number of aryl methyl sites for hydroxylation is 8. The van der Waals surface area contributed by atoms with E-state index < -0.39 is 0 Å². The zero-order valence-corrected chi connectivity index (χ0v) is 44.9. The van der Waals surface area contributed by atoms with Crippen LogP contribution in [0.2, 0.25) is 0 Å². The van der Waals surface area contributed by atoms with Gasteiger partial charge in [-0.2, -0.15) is 0 Å². The van der Waals surface area contributed by atoms with Crippen molar-refractivity contribution in [1.82, 2.24) is 0 Å². The van der Waals surface area contributed by atoms with Gasteiger partial charge in [-0.05, 0) is 262 Å². The molecule has 0 fully saturated rings. The van der Waals surface area contributed by atoms with Crippen molar-refractivity contribution in [3.63, 3.8) is 0 Å². The Kier molecular flexibility index (Phi) is 11.1. The minimum atomic E-state index is 1.01. The predicted molar refractivity (Wildman–Crippen MR) is 327 cm³/mol. The number of hydrogen-bond acceptors (Lipinski definition) is 2. The molecule has 0 aromatic heterocycles. The molecule has 0 saturated carbocycles. The summed E-state index contributed by atoms with van der Waals surface area (Å²) in [6, 6.07) is 71.1. The van der Waals surface area contributed by atoms with Crippen LogP contribution in [0.15, 0.2) is 182 Å². The molecule has 0 N–H and O–H groups in total. The number of nitrogens with zero attached hydrogens (tertiary/aromatic N) is 2. The Morgan fingerprint density at radius 2 is 0.711 bits per heavy atom. The van der Waals surface area contributed by atoms with E-state index in [0.717, 1.165) is 38.5 Å². The summed E-state index contributed by atoms with van der Waals surface area (Å²) in [6.45, 7) is 13.8. The highest BCUT2D eigenvalue weighted by atomic mass is 15.2. The molecule has 0 radical (unpaired) electrons. The lowest BCUT2D eigenvalue weighted by atomic mass is 9.84. The molecule has 0 unspecified atom stereocenters. The fourth-order valence-corrected chi connectivity index (χ4v) is 14.1. The van der Waals surface area contributed by atoms with Gasteiger partial charge in [-0.3, -0.25) is 0 Å². The normalized spacial score (nSPS) is 13.2. The lowest BCUT2D eigenvalue weighted by Crippen LogP contribution is -2.14. The van der Waals surface area contributed by atoms with Crippen LogP contribution in [0.25, 0.3) is 76.1 Å². The zero-order valence-electron chi connectivity index (χ0n) is 44.9. The third kappa shape index (κ3) is 7.51. The second-order valence-electron chi connectivity index (χ2n) is 22.2. The largest absolute Gasteiger partial charge is 0.310 e. The number of benzene rings is 12. The molecule has 0 aliphatic heterocycles. The van der Waals surface area contributed by atoms with Crippen LogP contribution in [-0.4, -0.2) is 0 Å². The Labute approximate surface area is 448 Å². The average Bonchev–Trinajstić information content (AvgIpc) is 4.20. The monoisotopic (exact) mass is 981 g/mol. The van der Waals surface area contributed by atoms with Crippen LogP contribution in [0.5, 0.6) is 0 Å². The van der Waals surface area contributed by atoms with E-state index in [1.54, 1.807) is 0 Å². The lowest BCUT2D eigenvalue weighted by Gasteiger charge is -2.32. The van der Waals surface area contributed by atoms with Crippen LogP contribution in [0.3, 0.4) is 0 Å². The van der Waals surface area contributed by atoms with Crippen molar-refractivity contribution in [3.05, 3.63) is 238 Å². The Balaban J connectivity index is 1.15. The second-order valence-corrected chi connectivity index (χ2v) is 22.2. The van der Waals surface area contributed by atoms with Crippen LogP contribution in [0, 0.1) is 27.7 Å². The fourth-order valence-electron chi connectivity index (χ4n) is 14.1.